The zero-order valence-corrected chi connectivity index (χ0v) is 16.5. The van der Waals surface area contributed by atoms with Gasteiger partial charge in [-0.05, 0) is 37.8 Å². The van der Waals surface area contributed by atoms with Crippen molar-refractivity contribution in [1.82, 2.24) is 14.0 Å². The standard InChI is InChI=1S/C19H26N4O3S/c1-21-15-6-2-3-7-16(15)22(18(21)25)12-8-17(24)23-11-4-9-19(23)10-5-13-27(20,26)14-19/h2-3,6-7,20H,4-5,8-14H2,1H3. The molecule has 2 saturated heterocycles. The number of rotatable bonds is 3. The summed E-state index contributed by atoms with van der Waals surface area (Å²) in [6.45, 7) is 1.00. The molecule has 3 heterocycles. The summed E-state index contributed by atoms with van der Waals surface area (Å²) in [4.78, 5) is 27.4. The van der Waals surface area contributed by atoms with Gasteiger partial charge in [-0.1, -0.05) is 12.1 Å². The van der Waals surface area contributed by atoms with Crippen LogP contribution < -0.4 is 5.69 Å². The fourth-order valence-corrected chi connectivity index (χ4v) is 6.94. The first-order valence-electron chi connectivity index (χ1n) is 9.52. The smallest absolute Gasteiger partial charge is 0.328 e. The molecule has 8 heteroatoms. The SMILES string of the molecule is Cn1c(=O)n(CCC(=O)N2CCCC23CCCS(=N)(=O)C3)c2ccccc21. The minimum atomic E-state index is -2.59. The molecule has 0 radical (unpaired) electrons. The van der Waals surface area contributed by atoms with Crippen molar-refractivity contribution in [3.63, 3.8) is 0 Å². The van der Waals surface area contributed by atoms with Crippen LogP contribution in [0.15, 0.2) is 29.1 Å². The summed E-state index contributed by atoms with van der Waals surface area (Å²) in [7, 11) is -0.851. The number of fused-ring (bicyclic) bond motifs is 1. The molecule has 2 aromatic rings. The fraction of sp³-hybridized carbons (Fsp3) is 0.579. The van der Waals surface area contributed by atoms with Crippen molar-refractivity contribution in [2.24, 2.45) is 7.05 Å². The van der Waals surface area contributed by atoms with Gasteiger partial charge in [0.25, 0.3) is 0 Å². The van der Waals surface area contributed by atoms with E-state index < -0.39 is 15.3 Å². The van der Waals surface area contributed by atoms with Crippen molar-refractivity contribution in [2.75, 3.05) is 18.1 Å². The summed E-state index contributed by atoms with van der Waals surface area (Å²) in [5.41, 5.74) is 1.17. The summed E-state index contributed by atoms with van der Waals surface area (Å²) in [5.74, 6) is 0.756. The average Bonchev–Trinajstić information content (AvgIpc) is 3.12. The van der Waals surface area contributed by atoms with Gasteiger partial charge in [-0.2, -0.15) is 0 Å². The quantitative estimate of drug-likeness (QED) is 0.869. The number of benzene rings is 1. The molecule has 1 aromatic carbocycles. The van der Waals surface area contributed by atoms with Gasteiger partial charge in [-0.15, -0.1) is 0 Å². The molecule has 0 saturated carbocycles. The van der Waals surface area contributed by atoms with Gasteiger partial charge in [-0.25, -0.2) is 9.00 Å². The molecule has 2 aliphatic rings. The average molecular weight is 391 g/mol. The molecule has 2 atom stereocenters. The molecule has 2 unspecified atom stereocenters. The lowest BCUT2D eigenvalue weighted by atomic mass is 9.92. The highest BCUT2D eigenvalue weighted by Gasteiger charge is 2.47. The van der Waals surface area contributed by atoms with E-state index in [9.17, 15) is 13.8 Å². The maximum Gasteiger partial charge on any atom is 0.328 e. The second-order valence-corrected chi connectivity index (χ2v) is 10.2. The van der Waals surface area contributed by atoms with Gasteiger partial charge in [0.1, 0.15) is 0 Å². The number of aromatic nitrogens is 2. The second-order valence-electron chi connectivity index (χ2n) is 7.87. The molecule has 1 aromatic heterocycles. The Bertz CT molecular complexity index is 1050. The molecule has 0 bridgehead atoms. The van der Waals surface area contributed by atoms with E-state index >= 15 is 0 Å². The van der Waals surface area contributed by atoms with Gasteiger partial charge < -0.3 is 4.90 Å². The minimum Gasteiger partial charge on any atom is -0.336 e. The van der Waals surface area contributed by atoms with Crippen LogP contribution in [-0.4, -0.2) is 47.7 Å². The first-order chi connectivity index (χ1) is 12.8. The monoisotopic (exact) mass is 390 g/mol. The van der Waals surface area contributed by atoms with Crippen molar-refractivity contribution in [3.8, 4) is 0 Å². The normalized spacial score (nSPS) is 28.3. The first kappa shape index (κ1) is 18.3. The number of para-hydroxylation sites is 2. The van der Waals surface area contributed by atoms with E-state index in [2.05, 4.69) is 0 Å². The highest BCUT2D eigenvalue weighted by atomic mass is 32.2. The van der Waals surface area contributed by atoms with Crippen molar-refractivity contribution in [3.05, 3.63) is 34.7 Å². The zero-order valence-electron chi connectivity index (χ0n) is 15.6. The van der Waals surface area contributed by atoms with Crippen LogP contribution in [0.3, 0.4) is 0 Å². The Morgan fingerprint density at radius 3 is 2.67 bits per heavy atom. The van der Waals surface area contributed by atoms with Crippen LogP contribution >= 0.6 is 0 Å². The maximum absolute atomic E-state index is 13.0. The number of aryl methyl sites for hydroxylation is 2. The molecular formula is C19H26N4O3S. The number of nitrogens with zero attached hydrogens (tertiary/aromatic N) is 3. The van der Waals surface area contributed by atoms with Crippen molar-refractivity contribution in [1.29, 1.82) is 4.78 Å². The summed E-state index contributed by atoms with van der Waals surface area (Å²) < 4.78 is 23.7. The second kappa shape index (κ2) is 6.51. The minimum absolute atomic E-state index is 0.00411. The Balaban J connectivity index is 1.55. The molecule has 0 aliphatic carbocycles. The van der Waals surface area contributed by atoms with Gasteiger partial charge in [0.2, 0.25) is 5.91 Å². The van der Waals surface area contributed by atoms with E-state index in [1.54, 1.807) is 16.2 Å². The summed E-state index contributed by atoms with van der Waals surface area (Å²) >= 11 is 0. The van der Waals surface area contributed by atoms with Crippen LogP contribution in [0, 0.1) is 4.78 Å². The predicted octanol–water partition coefficient (Wildman–Crippen LogP) is 1.93. The topological polar surface area (TPSA) is 88.2 Å². The van der Waals surface area contributed by atoms with E-state index in [0.717, 1.165) is 36.7 Å². The summed E-state index contributed by atoms with van der Waals surface area (Å²) in [6.07, 6.45) is 3.56. The van der Waals surface area contributed by atoms with E-state index in [0.29, 0.717) is 24.6 Å². The lowest BCUT2D eigenvalue weighted by Gasteiger charge is -2.42. The number of amides is 1. The third-order valence-corrected chi connectivity index (χ3v) is 8.07. The molecule has 2 fully saturated rings. The molecular weight excluding hydrogens is 364 g/mol. The van der Waals surface area contributed by atoms with Gasteiger partial charge in [-0.3, -0.25) is 18.7 Å². The predicted molar refractivity (Wildman–Crippen MR) is 105 cm³/mol. The number of imidazole rings is 1. The van der Waals surface area contributed by atoms with Gasteiger partial charge in [0.15, 0.2) is 0 Å². The van der Waals surface area contributed by atoms with Crippen LogP contribution in [0.5, 0.6) is 0 Å². The Kier molecular flexibility index (Phi) is 4.41. The highest BCUT2D eigenvalue weighted by molar-refractivity contribution is 7.92. The number of carbonyl (C=O) groups is 1. The van der Waals surface area contributed by atoms with Crippen LogP contribution in [0.4, 0.5) is 0 Å². The van der Waals surface area contributed by atoms with E-state index in [1.165, 1.54) is 0 Å². The molecule has 2 aliphatic heterocycles. The third kappa shape index (κ3) is 3.09. The van der Waals surface area contributed by atoms with Crippen LogP contribution in [0.1, 0.15) is 32.1 Å². The van der Waals surface area contributed by atoms with E-state index in [1.807, 2.05) is 29.2 Å². The van der Waals surface area contributed by atoms with Crippen LogP contribution in [0.2, 0.25) is 0 Å². The molecule has 1 N–H and O–H groups in total. The Labute approximate surface area is 158 Å². The first-order valence-corrected chi connectivity index (χ1v) is 11.4. The molecule has 7 nitrogen and oxygen atoms in total. The fourth-order valence-electron chi connectivity index (χ4n) is 4.87. The zero-order chi connectivity index (χ0) is 19.2. The lowest BCUT2D eigenvalue weighted by molar-refractivity contribution is -0.135. The number of nitrogens with one attached hydrogen (secondary N) is 1. The molecule has 1 spiro atoms. The van der Waals surface area contributed by atoms with Crippen molar-refractivity contribution in [2.45, 2.75) is 44.2 Å². The van der Waals surface area contributed by atoms with Gasteiger partial charge in [0.05, 0.1) is 22.3 Å². The third-order valence-electron chi connectivity index (χ3n) is 6.12. The van der Waals surface area contributed by atoms with Crippen LogP contribution in [-0.2, 0) is 28.1 Å². The Hall–Kier alpha value is -2.09. The van der Waals surface area contributed by atoms with Crippen molar-refractivity contribution < 1.29 is 9.00 Å². The largest absolute Gasteiger partial charge is 0.336 e. The summed E-state index contributed by atoms with van der Waals surface area (Å²) in [5, 5.41) is 0. The van der Waals surface area contributed by atoms with Crippen LogP contribution in [0.25, 0.3) is 11.0 Å². The van der Waals surface area contributed by atoms with Crippen molar-refractivity contribution >= 4 is 26.7 Å². The number of hydrogen-bond donors (Lipinski definition) is 1. The molecule has 146 valence electrons. The number of hydrogen-bond acceptors (Lipinski definition) is 4. The van der Waals surface area contributed by atoms with E-state index in [-0.39, 0.29) is 18.0 Å². The Morgan fingerprint density at radius 1 is 1.22 bits per heavy atom. The highest BCUT2D eigenvalue weighted by Crippen LogP contribution is 2.38. The maximum atomic E-state index is 13.0. The number of likely N-dealkylation sites (tertiary alicyclic amines) is 1. The van der Waals surface area contributed by atoms with Gasteiger partial charge >= 0.3 is 5.69 Å². The molecule has 1 amide bonds. The number of carbonyl (C=O) groups excluding carboxylic acids is 1. The molecule has 27 heavy (non-hydrogen) atoms. The van der Waals surface area contributed by atoms with Gasteiger partial charge in [0, 0.05) is 42.0 Å². The lowest BCUT2D eigenvalue weighted by Crippen LogP contribution is -2.54. The summed E-state index contributed by atoms with van der Waals surface area (Å²) in [6, 6.07) is 7.58. The Morgan fingerprint density at radius 2 is 1.93 bits per heavy atom. The van der Waals surface area contributed by atoms with E-state index in [4.69, 9.17) is 4.78 Å². The molecule has 4 rings (SSSR count).